The summed E-state index contributed by atoms with van der Waals surface area (Å²) >= 11 is 0. The number of benzene rings is 1. The maximum atomic E-state index is 13.2. The Labute approximate surface area is 113 Å². The third kappa shape index (κ3) is 4.87. The van der Waals surface area contributed by atoms with E-state index in [0.29, 0.717) is 17.9 Å². The summed E-state index contributed by atoms with van der Waals surface area (Å²) in [6, 6.07) is 3.42. The van der Waals surface area contributed by atoms with Crippen LogP contribution in [0, 0.1) is 5.82 Å². The molecule has 1 aromatic carbocycles. The van der Waals surface area contributed by atoms with Crippen LogP contribution in [0.25, 0.3) is 0 Å². The first-order valence-corrected chi connectivity index (χ1v) is 6.46. The zero-order chi connectivity index (χ0) is 14.4. The summed E-state index contributed by atoms with van der Waals surface area (Å²) in [6.07, 6.45) is 1.33. The van der Waals surface area contributed by atoms with Crippen LogP contribution in [-0.4, -0.2) is 18.1 Å². The highest BCUT2D eigenvalue weighted by Gasteiger charge is 2.15. The van der Waals surface area contributed by atoms with E-state index in [-0.39, 0.29) is 12.0 Å². The molecule has 1 rings (SSSR count). The van der Waals surface area contributed by atoms with E-state index < -0.39 is 11.9 Å². The van der Waals surface area contributed by atoms with Crippen LogP contribution >= 0.6 is 0 Å². The lowest BCUT2D eigenvalue weighted by molar-refractivity contribution is -0.117. The molecule has 0 aliphatic carbocycles. The van der Waals surface area contributed by atoms with E-state index in [9.17, 15) is 9.18 Å². The van der Waals surface area contributed by atoms with Crippen LogP contribution in [0.4, 0.5) is 10.1 Å². The molecular weight excluding hydrogens is 247 g/mol. The van der Waals surface area contributed by atoms with Gasteiger partial charge in [-0.15, -0.1) is 0 Å². The van der Waals surface area contributed by atoms with Crippen molar-refractivity contribution in [2.45, 2.75) is 45.8 Å². The monoisotopic (exact) mass is 268 g/mol. The van der Waals surface area contributed by atoms with Gasteiger partial charge in [0.15, 0.2) is 0 Å². The standard InChI is InChI=1S/C14H21FN2O2/c1-4-5-11(16)14(18)17-12-8-10(15)6-7-13(12)19-9(2)3/h6-9,11H,4-5,16H2,1-3H3,(H,17,18). The molecular formula is C14H21FN2O2. The van der Waals surface area contributed by atoms with Crippen molar-refractivity contribution in [3.05, 3.63) is 24.0 Å². The molecule has 0 heterocycles. The first kappa shape index (κ1) is 15.4. The van der Waals surface area contributed by atoms with Crippen molar-refractivity contribution in [1.82, 2.24) is 0 Å². The van der Waals surface area contributed by atoms with Crippen molar-refractivity contribution in [2.75, 3.05) is 5.32 Å². The molecule has 0 radical (unpaired) electrons. The molecule has 0 aliphatic rings. The number of carbonyl (C=O) groups excluding carboxylic acids is 1. The molecule has 0 spiro atoms. The predicted molar refractivity (Wildman–Crippen MR) is 73.7 cm³/mol. The number of nitrogens with one attached hydrogen (secondary N) is 1. The largest absolute Gasteiger partial charge is 0.489 e. The van der Waals surface area contributed by atoms with Crippen LogP contribution < -0.4 is 15.8 Å². The fraction of sp³-hybridized carbons (Fsp3) is 0.500. The van der Waals surface area contributed by atoms with E-state index in [1.807, 2.05) is 20.8 Å². The second kappa shape index (κ2) is 7.09. The van der Waals surface area contributed by atoms with Gasteiger partial charge in [0.25, 0.3) is 0 Å². The fourth-order valence-corrected chi connectivity index (χ4v) is 1.62. The topological polar surface area (TPSA) is 64.4 Å². The number of rotatable bonds is 6. The van der Waals surface area contributed by atoms with Crippen molar-refractivity contribution in [3.8, 4) is 5.75 Å². The molecule has 1 amide bonds. The minimum absolute atomic E-state index is 0.0644. The Bertz CT molecular complexity index is 435. The summed E-state index contributed by atoms with van der Waals surface area (Å²) in [5.41, 5.74) is 6.03. The summed E-state index contributed by atoms with van der Waals surface area (Å²) < 4.78 is 18.8. The predicted octanol–water partition coefficient (Wildman–Crippen LogP) is 2.68. The Morgan fingerprint density at radius 1 is 1.47 bits per heavy atom. The van der Waals surface area contributed by atoms with Crippen molar-refractivity contribution in [2.24, 2.45) is 5.73 Å². The van der Waals surface area contributed by atoms with Crippen LogP contribution in [-0.2, 0) is 4.79 Å². The van der Waals surface area contributed by atoms with Crippen LogP contribution in [0.2, 0.25) is 0 Å². The van der Waals surface area contributed by atoms with Gasteiger partial charge in [-0.3, -0.25) is 4.79 Å². The second-order valence-corrected chi connectivity index (χ2v) is 4.69. The van der Waals surface area contributed by atoms with Gasteiger partial charge in [-0.1, -0.05) is 13.3 Å². The van der Waals surface area contributed by atoms with Gasteiger partial charge in [-0.05, 0) is 32.4 Å². The lowest BCUT2D eigenvalue weighted by Gasteiger charge is -2.16. The summed E-state index contributed by atoms with van der Waals surface area (Å²) in [7, 11) is 0. The van der Waals surface area contributed by atoms with Gasteiger partial charge in [0.05, 0.1) is 17.8 Å². The number of carbonyl (C=O) groups is 1. The van der Waals surface area contributed by atoms with Crippen molar-refractivity contribution in [3.63, 3.8) is 0 Å². The maximum absolute atomic E-state index is 13.2. The molecule has 0 fully saturated rings. The lowest BCUT2D eigenvalue weighted by atomic mass is 10.1. The number of hydrogen-bond acceptors (Lipinski definition) is 3. The molecule has 5 heteroatoms. The Morgan fingerprint density at radius 2 is 2.16 bits per heavy atom. The van der Waals surface area contributed by atoms with Crippen molar-refractivity contribution in [1.29, 1.82) is 0 Å². The quantitative estimate of drug-likeness (QED) is 0.833. The van der Waals surface area contributed by atoms with E-state index in [0.717, 1.165) is 6.42 Å². The van der Waals surface area contributed by atoms with Gasteiger partial charge < -0.3 is 15.8 Å². The van der Waals surface area contributed by atoms with Crippen LogP contribution in [0.15, 0.2) is 18.2 Å². The molecule has 106 valence electrons. The molecule has 4 nitrogen and oxygen atoms in total. The molecule has 1 aromatic rings. The van der Waals surface area contributed by atoms with E-state index in [2.05, 4.69) is 5.32 Å². The first-order chi connectivity index (χ1) is 8.93. The van der Waals surface area contributed by atoms with Crippen LogP contribution in [0.1, 0.15) is 33.6 Å². The number of amides is 1. The third-order valence-electron chi connectivity index (χ3n) is 2.50. The summed E-state index contributed by atoms with van der Waals surface area (Å²) in [5, 5.41) is 2.61. The van der Waals surface area contributed by atoms with Crippen LogP contribution in [0.5, 0.6) is 5.75 Å². The SMILES string of the molecule is CCCC(N)C(=O)Nc1cc(F)ccc1OC(C)C. The highest BCUT2D eigenvalue weighted by atomic mass is 19.1. The lowest BCUT2D eigenvalue weighted by Crippen LogP contribution is -2.35. The number of anilines is 1. The van der Waals surface area contributed by atoms with E-state index in [1.54, 1.807) is 0 Å². The molecule has 0 aromatic heterocycles. The van der Waals surface area contributed by atoms with Gasteiger partial charge >= 0.3 is 0 Å². The Kier molecular flexibility index (Phi) is 5.76. The molecule has 1 atom stereocenters. The number of halogens is 1. The molecule has 19 heavy (non-hydrogen) atoms. The Balaban J connectivity index is 2.86. The second-order valence-electron chi connectivity index (χ2n) is 4.69. The molecule has 0 aliphatic heterocycles. The van der Waals surface area contributed by atoms with Crippen LogP contribution in [0.3, 0.4) is 0 Å². The minimum atomic E-state index is -0.597. The first-order valence-electron chi connectivity index (χ1n) is 6.46. The average molecular weight is 268 g/mol. The molecule has 0 saturated heterocycles. The smallest absolute Gasteiger partial charge is 0.241 e. The van der Waals surface area contributed by atoms with Gasteiger partial charge in [-0.25, -0.2) is 4.39 Å². The van der Waals surface area contributed by atoms with E-state index in [4.69, 9.17) is 10.5 Å². The Morgan fingerprint density at radius 3 is 2.74 bits per heavy atom. The Hall–Kier alpha value is -1.62. The number of nitrogens with two attached hydrogens (primary N) is 1. The number of hydrogen-bond donors (Lipinski definition) is 2. The highest BCUT2D eigenvalue weighted by Crippen LogP contribution is 2.26. The maximum Gasteiger partial charge on any atom is 0.241 e. The number of ether oxygens (including phenoxy) is 1. The van der Waals surface area contributed by atoms with Crippen molar-refractivity contribution < 1.29 is 13.9 Å². The minimum Gasteiger partial charge on any atom is -0.489 e. The van der Waals surface area contributed by atoms with Gasteiger partial charge in [-0.2, -0.15) is 0 Å². The summed E-state index contributed by atoms with van der Waals surface area (Å²) in [5.74, 6) is -0.329. The van der Waals surface area contributed by atoms with Crippen molar-refractivity contribution >= 4 is 11.6 Å². The highest BCUT2D eigenvalue weighted by molar-refractivity contribution is 5.95. The molecule has 0 saturated carbocycles. The van der Waals surface area contributed by atoms with E-state index in [1.165, 1.54) is 18.2 Å². The fourth-order valence-electron chi connectivity index (χ4n) is 1.62. The average Bonchev–Trinajstić information content (AvgIpc) is 2.32. The van der Waals surface area contributed by atoms with Gasteiger partial charge in [0, 0.05) is 6.07 Å². The normalized spacial score (nSPS) is 12.3. The molecule has 3 N–H and O–H groups in total. The van der Waals surface area contributed by atoms with Gasteiger partial charge in [0.1, 0.15) is 11.6 Å². The zero-order valence-electron chi connectivity index (χ0n) is 11.6. The molecule has 0 bridgehead atoms. The molecule has 1 unspecified atom stereocenters. The third-order valence-corrected chi connectivity index (χ3v) is 2.50. The van der Waals surface area contributed by atoms with Gasteiger partial charge in [0.2, 0.25) is 5.91 Å². The summed E-state index contributed by atoms with van der Waals surface area (Å²) in [6.45, 7) is 5.66. The zero-order valence-corrected chi connectivity index (χ0v) is 11.6. The van der Waals surface area contributed by atoms with E-state index >= 15 is 0 Å². The summed E-state index contributed by atoms with van der Waals surface area (Å²) in [4.78, 5) is 11.8.